The fourth-order valence-corrected chi connectivity index (χ4v) is 5.12. The van der Waals surface area contributed by atoms with Crippen molar-refractivity contribution in [1.29, 1.82) is 0 Å². The van der Waals surface area contributed by atoms with Gasteiger partial charge in [0.15, 0.2) is 12.4 Å². The Hall–Kier alpha value is -4.10. The van der Waals surface area contributed by atoms with Crippen LogP contribution >= 0.6 is 11.3 Å². The minimum absolute atomic E-state index is 0.0527. The number of carbonyl (C=O) groups excluding carboxylic acids is 3. The first-order valence-corrected chi connectivity index (χ1v) is 12.6. The van der Waals surface area contributed by atoms with E-state index in [9.17, 15) is 14.4 Å². The molecular formula is C29H24N2O4S. The van der Waals surface area contributed by atoms with Gasteiger partial charge >= 0.3 is 5.97 Å². The molecule has 1 aliphatic carbocycles. The third-order valence-corrected chi connectivity index (χ3v) is 6.96. The number of nitrogens with one attached hydrogen (secondary N) is 1. The van der Waals surface area contributed by atoms with Crippen LogP contribution < -0.4 is 5.32 Å². The number of carbonyl (C=O) groups is 3. The van der Waals surface area contributed by atoms with Crippen LogP contribution in [0.4, 0.5) is 5.69 Å². The van der Waals surface area contributed by atoms with E-state index in [1.807, 2.05) is 35.7 Å². The number of benzene rings is 2. The number of amides is 1. The van der Waals surface area contributed by atoms with E-state index in [0.29, 0.717) is 23.2 Å². The molecule has 0 unspecified atom stereocenters. The maximum Gasteiger partial charge on any atom is 0.339 e. The Bertz CT molecular complexity index is 1490. The number of Topliss-reactive ketones (excluding diaryl/α,β-unsaturated/α-hetero) is 1. The number of ether oxygens (including phenoxy) is 1. The molecule has 0 saturated heterocycles. The first-order valence-electron chi connectivity index (χ1n) is 11.7. The molecule has 0 fully saturated rings. The molecule has 6 nitrogen and oxygen atoms in total. The van der Waals surface area contributed by atoms with Crippen molar-refractivity contribution in [2.45, 2.75) is 26.2 Å². The molecule has 1 amide bonds. The molecule has 0 saturated carbocycles. The molecule has 7 heteroatoms. The molecule has 36 heavy (non-hydrogen) atoms. The molecule has 1 aliphatic rings. The largest absolute Gasteiger partial charge is 0.452 e. The van der Waals surface area contributed by atoms with Crippen LogP contribution in [-0.4, -0.2) is 29.3 Å². The number of allylic oxidation sites excluding steroid dienone is 1. The van der Waals surface area contributed by atoms with Gasteiger partial charge in [-0.1, -0.05) is 24.3 Å². The highest BCUT2D eigenvalue weighted by Gasteiger charge is 2.26. The Morgan fingerprint density at radius 3 is 2.58 bits per heavy atom. The number of rotatable bonds is 6. The van der Waals surface area contributed by atoms with Crippen molar-refractivity contribution in [3.05, 3.63) is 93.3 Å². The Labute approximate surface area is 212 Å². The molecule has 5 rings (SSSR count). The second-order valence-corrected chi connectivity index (χ2v) is 9.61. The number of pyridine rings is 1. The first-order chi connectivity index (χ1) is 17.5. The lowest BCUT2D eigenvalue weighted by atomic mass is 9.86. The summed E-state index contributed by atoms with van der Waals surface area (Å²) >= 11 is 1.66. The van der Waals surface area contributed by atoms with Gasteiger partial charge in [0.2, 0.25) is 0 Å². The Balaban J connectivity index is 1.40. The maximum absolute atomic E-state index is 13.3. The van der Waals surface area contributed by atoms with Crippen molar-refractivity contribution < 1.29 is 19.1 Å². The molecular weight excluding hydrogens is 472 g/mol. The van der Waals surface area contributed by atoms with Gasteiger partial charge in [0.25, 0.3) is 5.91 Å². The van der Waals surface area contributed by atoms with Crippen LogP contribution in [0.5, 0.6) is 0 Å². The number of anilines is 1. The molecule has 0 aliphatic heterocycles. The summed E-state index contributed by atoms with van der Waals surface area (Å²) in [5.41, 5.74) is 5.08. The molecule has 2 heterocycles. The number of fused-ring (bicyclic) bond motifs is 2. The van der Waals surface area contributed by atoms with Crippen LogP contribution in [0.15, 0.2) is 66.0 Å². The van der Waals surface area contributed by atoms with Gasteiger partial charge in [0.05, 0.1) is 16.8 Å². The first kappa shape index (κ1) is 23.6. The summed E-state index contributed by atoms with van der Waals surface area (Å²) in [5, 5.41) is 5.46. The number of esters is 1. The van der Waals surface area contributed by atoms with Gasteiger partial charge in [-0.25, -0.2) is 9.78 Å². The summed E-state index contributed by atoms with van der Waals surface area (Å²) in [6, 6.07) is 18.2. The van der Waals surface area contributed by atoms with Gasteiger partial charge in [-0.2, -0.15) is 0 Å². The van der Waals surface area contributed by atoms with Gasteiger partial charge in [-0.3, -0.25) is 9.59 Å². The van der Waals surface area contributed by atoms with Crippen LogP contribution in [0.2, 0.25) is 0 Å². The lowest BCUT2D eigenvalue weighted by Gasteiger charge is -2.22. The zero-order valence-electron chi connectivity index (χ0n) is 19.7. The van der Waals surface area contributed by atoms with Gasteiger partial charge in [0.1, 0.15) is 0 Å². The lowest BCUT2D eigenvalue weighted by Crippen LogP contribution is -2.22. The SMILES string of the molecule is CC(=O)c1ccc(NC(=O)COC(=O)c2c3c(nc4ccccc24)/C(=C\c2cccs2)CCC3)cc1. The van der Waals surface area contributed by atoms with Crippen molar-refractivity contribution in [3.8, 4) is 0 Å². The molecule has 0 atom stereocenters. The number of hydrogen-bond donors (Lipinski definition) is 1. The molecule has 2 aromatic heterocycles. The average Bonchev–Trinajstić information content (AvgIpc) is 3.40. The van der Waals surface area contributed by atoms with Crippen LogP contribution in [0.3, 0.4) is 0 Å². The van der Waals surface area contributed by atoms with Crippen LogP contribution in [-0.2, 0) is 16.0 Å². The Morgan fingerprint density at radius 1 is 1.03 bits per heavy atom. The molecule has 0 radical (unpaired) electrons. The zero-order chi connectivity index (χ0) is 25.1. The third kappa shape index (κ3) is 4.97. The Kier molecular flexibility index (Phi) is 6.73. The highest BCUT2D eigenvalue weighted by molar-refractivity contribution is 7.10. The highest BCUT2D eigenvalue weighted by Crippen LogP contribution is 2.36. The molecule has 180 valence electrons. The third-order valence-electron chi connectivity index (χ3n) is 6.14. The van der Waals surface area contributed by atoms with E-state index in [1.54, 1.807) is 35.6 Å². The van der Waals surface area contributed by atoms with E-state index in [1.165, 1.54) is 6.92 Å². The van der Waals surface area contributed by atoms with E-state index in [-0.39, 0.29) is 5.78 Å². The van der Waals surface area contributed by atoms with Gasteiger partial charge < -0.3 is 10.1 Å². The summed E-state index contributed by atoms with van der Waals surface area (Å²) < 4.78 is 5.49. The fraction of sp³-hybridized carbons (Fsp3) is 0.172. The Morgan fingerprint density at radius 2 is 1.83 bits per heavy atom. The normalized spacial score (nSPS) is 13.9. The smallest absolute Gasteiger partial charge is 0.339 e. The lowest BCUT2D eigenvalue weighted by molar-refractivity contribution is -0.119. The zero-order valence-corrected chi connectivity index (χ0v) is 20.6. The van der Waals surface area contributed by atoms with E-state index < -0.39 is 18.5 Å². The average molecular weight is 497 g/mol. The molecule has 0 spiro atoms. The molecule has 2 aromatic carbocycles. The molecule has 1 N–H and O–H groups in total. The molecule has 4 aromatic rings. The van der Waals surface area contributed by atoms with Gasteiger partial charge in [-0.15, -0.1) is 11.3 Å². The number of aromatic nitrogens is 1. The quantitative estimate of drug-likeness (QED) is 0.255. The van der Waals surface area contributed by atoms with Crippen molar-refractivity contribution in [1.82, 2.24) is 4.98 Å². The van der Waals surface area contributed by atoms with E-state index in [2.05, 4.69) is 17.5 Å². The summed E-state index contributed by atoms with van der Waals surface area (Å²) in [5.74, 6) is -1.04. The predicted octanol–water partition coefficient (Wildman–Crippen LogP) is 6.17. The summed E-state index contributed by atoms with van der Waals surface area (Å²) in [6.07, 6.45) is 4.65. The maximum atomic E-state index is 13.3. The van der Waals surface area contributed by atoms with E-state index in [0.717, 1.165) is 45.5 Å². The van der Waals surface area contributed by atoms with Crippen molar-refractivity contribution >= 4 is 57.2 Å². The second-order valence-electron chi connectivity index (χ2n) is 8.63. The van der Waals surface area contributed by atoms with Crippen molar-refractivity contribution in [2.24, 2.45) is 0 Å². The summed E-state index contributed by atoms with van der Waals surface area (Å²) in [7, 11) is 0. The second kappa shape index (κ2) is 10.3. The summed E-state index contributed by atoms with van der Waals surface area (Å²) in [4.78, 5) is 43.3. The van der Waals surface area contributed by atoms with Crippen LogP contribution in [0.1, 0.15) is 56.6 Å². The standard InChI is InChI=1S/C29H24N2O4S/c1-18(32)19-11-13-21(14-12-19)30-26(33)17-35-29(34)27-23-8-2-3-10-25(23)31-28-20(6-4-9-24(27)28)16-22-7-5-15-36-22/h2-3,5,7-8,10-16H,4,6,9,17H2,1H3,(H,30,33)/b20-16-. The van der Waals surface area contributed by atoms with Gasteiger partial charge in [-0.05, 0) is 85.2 Å². The predicted molar refractivity (Wildman–Crippen MR) is 142 cm³/mol. The number of hydrogen-bond acceptors (Lipinski definition) is 6. The van der Waals surface area contributed by atoms with Crippen molar-refractivity contribution in [3.63, 3.8) is 0 Å². The highest BCUT2D eigenvalue weighted by atomic mass is 32.1. The minimum Gasteiger partial charge on any atom is -0.452 e. The van der Waals surface area contributed by atoms with Crippen LogP contribution in [0, 0.1) is 0 Å². The fourth-order valence-electron chi connectivity index (χ4n) is 4.44. The number of thiophene rings is 1. The van der Waals surface area contributed by atoms with Gasteiger partial charge in [0, 0.05) is 21.5 Å². The minimum atomic E-state index is -0.538. The van der Waals surface area contributed by atoms with E-state index >= 15 is 0 Å². The van der Waals surface area contributed by atoms with Crippen LogP contribution in [0.25, 0.3) is 22.6 Å². The topological polar surface area (TPSA) is 85.4 Å². The monoisotopic (exact) mass is 496 g/mol. The number of para-hydroxylation sites is 1. The van der Waals surface area contributed by atoms with E-state index in [4.69, 9.17) is 9.72 Å². The van der Waals surface area contributed by atoms with Crippen molar-refractivity contribution in [2.75, 3.05) is 11.9 Å². The summed E-state index contributed by atoms with van der Waals surface area (Å²) in [6.45, 7) is 1.06. The molecule has 0 bridgehead atoms. The number of nitrogens with zero attached hydrogens (tertiary/aromatic N) is 1. The number of ketones is 1.